The quantitative estimate of drug-likeness (QED) is 0.685. The summed E-state index contributed by atoms with van der Waals surface area (Å²) < 4.78 is 0. The molecule has 1 nitrogen and oxygen atoms in total. The van der Waals surface area contributed by atoms with E-state index in [1.807, 2.05) is 19.1 Å². The van der Waals surface area contributed by atoms with E-state index in [0.717, 1.165) is 0 Å². The minimum absolute atomic E-state index is 0.313. The van der Waals surface area contributed by atoms with Crippen LogP contribution >= 0.6 is 11.8 Å². The lowest BCUT2D eigenvalue weighted by molar-refractivity contribution is -0.116. The third-order valence-corrected chi connectivity index (χ3v) is 3.11. The third kappa shape index (κ3) is 3.23. The number of thioether (sulfide) groups is 1. The van der Waals surface area contributed by atoms with Gasteiger partial charge in [0.15, 0.2) is 0 Å². The van der Waals surface area contributed by atoms with Gasteiger partial charge in [-0.1, -0.05) is 25.1 Å². The molecule has 0 saturated carbocycles. The molecule has 0 saturated heterocycles. The summed E-state index contributed by atoms with van der Waals surface area (Å²) in [5.41, 5.74) is 1.25. The standard InChI is InChI=1S/C11H14OS/c1-3-10(12)8-13-11-7-5-4-6-9(11)2/h4-7H,3,8H2,1-2H3. The maximum atomic E-state index is 11.1. The summed E-state index contributed by atoms with van der Waals surface area (Å²) in [7, 11) is 0. The fraction of sp³-hybridized carbons (Fsp3) is 0.364. The van der Waals surface area contributed by atoms with Crippen molar-refractivity contribution >= 4 is 17.5 Å². The van der Waals surface area contributed by atoms with Crippen molar-refractivity contribution in [3.63, 3.8) is 0 Å². The number of benzene rings is 1. The number of hydrogen-bond donors (Lipinski definition) is 0. The predicted octanol–water partition coefficient (Wildman–Crippen LogP) is 3.07. The molecule has 0 amide bonds. The molecule has 0 aliphatic carbocycles. The Morgan fingerprint density at radius 3 is 2.69 bits per heavy atom. The summed E-state index contributed by atoms with van der Waals surface area (Å²) in [6, 6.07) is 8.15. The number of rotatable bonds is 4. The number of carbonyl (C=O) groups excluding carboxylic acids is 1. The average Bonchev–Trinajstić information content (AvgIpc) is 2.16. The molecule has 0 heterocycles. The van der Waals surface area contributed by atoms with Crippen LogP contribution in [0, 0.1) is 6.92 Å². The summed E-state index contributed by atoms with van der Waals surface area (Å²) in [6.07, 6.45) is 0.638. The maximum Gasteiger partial charge on any atom is 0.142 e. The summed E-state index contributed by atoms with van der Waals surface area (Å²) in [6.45, 7) is 3.97. The van der Waals surface area contributed by atoms with Gasteiger partial charge in [0.25, 0.3) is 0 Å². The van der Waals surface area contributed by atoms with Gasteiger partial charge in [-0.3, -0.25) is 4.79 Å². The first-order chi connectivity index (χ1) is 6.24. The smallest absolute Gasteiger partial charge is 0.142 e. The van der Waals surface area contributed by atoms with Crippen LogP contribution in [0.3, 0.4) is 0 Å². The van der Waals surface area contributed by atoms with Crippen molar-refractivity contribution in [2.24, 2.45) is 0 Å². The molecule has 1 rings (SSSR count). The highest BCUT2D eigenvalue weighted by atomic mass is 32.2. The molecule has 0 aromatic heterocycles. The van der Waals surface area contributed by atoms with Gasteiger partial charge in [0, 0.05) is 11.3 Å². The fourth-order valence-electron chi connectivity index (χ4n) is 0.979. The van der Waals surface area contributed by atoms with Crippen molar-refractivity contribution in [3.05, 3.63) is 29.8 Å². The highest BCUT2D eigenvalue weighted by Gasteiger charge is 2.01. The number of hydrogen-bond acceptors (Lipinski definition) is 2. The van der Waals surface area contributed by atoms with Gasteiger partial charge in [0.1, 0.15) is 5.78 Å². The van der Waals surface area contributed by atoms with Crippen LogP contribution in [-0.2, 0) is 4.79 Å². The van der Waals surface area contributed by atoms with Crippen LogP contribution < -0.4 is 0 Å². The number of carbonyl (C=O) groups is 1. The molecule has 13 heavy (non-hydrogen) atoms. The largest absolute Gasteiger partial charge is 0.299 e. The summed E-state index contributed by atoms with van der Waals surface area (Å²) in [5.74, 6) is 0.912. The van der Waals surface area contributed by atoms with E-state index in [2.05, 4.69) is 19.1 Å². The molecular weight excluding hydrogens is 180 g/mol. The minimum atomic E-state index is 0.313. The molecule has 0 unspecified atom stereocenters. The molecule has 0 atom stereocenters. The zero-order chi connectivity index (χ0) is 9.68. The Labute approximate surface area is 83.5 Å². The minimum Gasteiger partial charge on any atom is -0.299 e. The van der Waals surface area contributed by atoms with Crippen LogP contribution in [0.15, 0.2) is 29.2 Å². The molecular formula is C11H14OS. The predicted molar refractivity (Wildman–Crippen MR) is 57.2 cm³/mol. The Hall–Kier alpha value is -0.760. The number of Topliss-reactive ketones (excluding diaryl/α,β-unsaturated/α-hetero) is 1. The summed E-state index contributed by atoms with van der Waals surface area (Å²) in [5, 5.41) is 0. The lowest BCUT2D eigenvalue weighted by atomic mass is 10.2. The first-order valence-corrected chi connectivity index (χ1v) is 5.42. The van der Waals surface area contributed by atoms with E-state index in [1.54, 1.807) is 11.8 Å². The van der Waals surface area contributed by atoms with Crippen molar-refractivity contribution in [1.29, 1.82) is 0 Å². The normalized spacial score (nSPS) is 10.0. The molecule has 0 fully saturated rings. The SMILES string of the molecule is CCC(=O)CSc1ccccc1C. The molecule has 1 aromatic rings. The van der Waals surface area contributed by atoms with Crippen molar-refractivity contribution in [2.75, 3.05) is 5.75 Å². The number of aryl methyl sites for hydroxylation is 1. The molecule has 0 spiro atoms. The first-order valence-electron chi connectivity index (χ1n) is 4.44. The van der Waals surface area contributed by atoms with Crippen molar-refractivity contribution in [2.45, 2.75) is 25.2 Å². The number of ketones is 1. The second-order valence-corrected chi connectivity index (χ2v) is 3.96. The van der Waals surface area contributed by atoms with Crippen LogP contribution in [0.25, 0.3) is 0 Å². The van der Waals surface area contributed by atoms with Gasteiger partial charge in [0.05, 0.1) is 5.75 Å². The Morgan fingerprint density at radius 2 is 2.08 bits per heavy atom. The van der Waals surface area contributed by atoms with E-state index in [9.17, 15) is 4.79 Å². The molecule has 1 aromatic carbocycles. The van der Waals surface area contributed by atoms with Crippen LogP contribution in [-0.4, -0.2) is 11.5 Å². The lowest BCUT2D eigenvalue weighted by Gasteiger charge is -2.02. The van der Waals surface area contributed by atoms with Crippen molar-refractivity contribution < 1.29 is 4.79 Å². The average molecular weight is 194 g/mol. The van der Waals surface area contributed by atoms with E-state index in [-0.39, 0.29) is 0 Å². The Bertz CT molecular complexity index is 294. The highest BCUT2D eigenvalue weighted by Crippen LogP contribution is 2.21. The van der Waals surface area contributed by atoms with Gasteiger partial charge in [-0.25, -0.2) is 0 Å². The Morgan fingerprint density at radius 1 is 1.38 bits per heavy atom. The van der Waals surface area contributed by atoms with Gasteiger partial charge in [0.2, 0.25) is 0 Å². The Kier molecular flexibility index (Phi) is 4.03. The van der Waals surface area contributed by atoms with E-state index >= 15 is 0 Å². The zero-order valence-electron chi connectivity index (χ0n) is 8.04. The molecule has 70 valence electrons. The molecule has 0 aliphatic heterocycles. The summed E-state index contributed by atoms with van der Waals surface area (Å²) in [4.78, 5) is 12.3. The Balaban J connectivity index is 2.54. The van der Waals surface area contributed by atoms with Gasteiger partial charge in [-0.05, 0) is 18.6 Å². The third-order valence-electron chi connectivity index (χ3n) is 1.88. The fourth-order valence-corrected chi connectivity index (χ4v) is 1.97. The van der Waals surface area contributed by atoms with E-state index in [4.69, 9.17) is 0 Å². The maximum absolute atomic E-state index is 11.1. The van der Waals surface area contributed by atoms with Gasteiger partial charge < -0.3 is 0 Å². The van der Waals surface area contributed by atoms with Crippen LogP contribution in [0.4, 0.5) is 0 Å². The second-order valence-electron chi connectivity index (χ2n) is 2.95. The van der Waals surface area contributed by atoms with Gasteiger partial charge >= 0.3 is 0 Å². The van der Waals surface area contributed by atoms with E-state index < -0.39 is 0 Å². The van der Waals surface area contributed by atoms with Crippen molar-refractivity contribution in [3.8, 4) is 0 Å². The van der Waals surface area contributed by atoms with Crippen LogP contribution in [0.2, 0.25) is 0 Å². The molecule has 0 aliphatic rings. The monoisotopic (exact) mass is 194 g/mol. The van der Waals surface area contributed by atoms with Crippen LogP contribution in [0.1, 0.15) is 18.9 Å². The molecule has 0 bridgehead atoms. The topological polar surface area (TPSA) is 17.1 Å². The molecule has 0 N–H and O–H groups in total. The zero-order valence-corrected chi connectivity index (χ0v) is 8.86. The van der Waals surface area contributed by atoms with Gasteiger partial charge in [-0.2, -0.15) is 0 Å². The van der Waals surface area contributed by atoms with Gasteiger partial charge in [-0.15, -0.1) is 11.8 Å². The summed E-state index contributed by atoms with van der Waals surface area (Å²) >= 11 is 1.63. The molecule has 2 heteroatoms. The highest BCUT2D eigenvalue weighted by molar-refractivity contribution is 8.00. The van der Waals surface area contributed by atoms with E-state index in [1.165, 1.54) is 10.5 Å². The first kappa shape index (κ1) is 10.3. The molecule has 0 radical (unpaired) electrons. The second kappa shape index (κ2) is 5.07. The van der Waals surface area contributed by atoms with Crippen molar-refractivity contribution in [1.82, 2.24) is 0 Å². The van der Waals surface area contributed by atoms with Crippen LogP contribution in [0.5, 0.6) is 0 Å². The lowest BCUT2D eigenvalue weighted by Crippen LogP contribution is -1.98. The van der Waals surface area contributed by atoms with E-state index in [0.29, 0.717) is 18.0 Å².